The van der Waals surface area contributed by atoms with Gasteiger partial charge in [0, 0.05) is 31.9 Å². The quantitative estimate of drug-likeness (QED) is 0.892. The number of amides is 1. The minimum absolute atomic E-state index is 0.0663. The fourth-order valence-corrected chi connectivity index (χ4v) is 2.27. The Labute approximate surface area is 113 Å². The molecule has 0 radical (unpaired) electrons. The fraction of sp³-hybridized carbons (Fsp3) is 0.500. The summed E-state index contributed by atoms with van der Waals surface area (Å²) in [5, 5.41) is 8.63. The van der Waals surface area contributed by atoms with Crippen molar-refractivity contribution in [2.75, 3.05) is 44.3 Å². The maximum absolute atomic E-state index is 11.6. The Kier molecular flexibility index (Phi) is 4.63. The predicted octanol–water partition coefficient (Wildman–Crippen LogP) is 1.25. The van der Waals surface area contributed by atoms with Gasteiger partial charge in [0.2, 0.25) is 0 Å². The van der Waals surface area contributed by atoms with Crippen LogP contribution in [-0.2, 0) is 4.74 Å². The van der Waals surface area contributed by atoms with Crippen LogP contribution in [0, 0.1) is 6.92 Å². The minimum Gasteiger partial charge on any atom is -0.447 e. The van der Waals surface area contributed by atoms with Crippen LogP contribution < -0.4 is 4.90 Å². The Morgan fingerprint density at radius 2 is 1.95 bits per heavy atom. The number of piperazine rings is 1. The topological polar surface area (TPSA) is 53.0 Å². The smallest absolute Gasteiger partial charge is 0.409 e. The third-order valence-electron chi connectivity index (χ3n) is 3.31. The third kappa shape index (κ3) is 3.38. The molecule has 1 amide bonds. The van der Waals surface area contributed by atoms with Gasteiger partial charge in [-0.15, -0.1) is 0 Å². The number of aryl methyl sites for hydroxylation is 1. The zero-order valence-corrected chi connectivity index (χ0v) is 11.2. The molecule has 0 saturated carbocycles. The summed E-state index contributed by atoms with van der Waals surface area (Å²) in [4.78, 5) is 15.6. The van der Waals surface area contributed by atoms with Crippen molar-refractivity contribution < 1.29 is 14.6 Å². The second-order valence-corrected chi connectivity index (χ2v) is 4.60. The average Bonchev–Trinajstić information content (AvgIpc) is 2.45. The summed E-state index contributed by atoms with van der Waals surface area (Å²) in [5.41, 5.74) is 2.48. The van der Waals surface area contributed by atoms with E-state index in [1.165, 1.54) is 11.3 Å². The number of ether oxygens (including phenoxy) is 1. The Hall–Kier alpha value is -1.75. The molecular weight excluding hydrogens is 244 g/mol. The van der Waals surface area contributed by atoms with Crippen LogP contribution >= 0.6 is 0 Å². The fourth-order valence-electron chi connectivity index (χ4n) is 2.27. The van der Waals surface area contributed by atoms with Gasteiger partial charge >= 0.3 is 6.09 Å². The maximum Gasteiger partial charge on any atom is 0.409 e. The molecule has 0 bridgehead atoms. The molecule has 0 unspecified atom stereocenters. The van der Waals surface area contributed by atoms with Crippen LogP contribution in [0.15, 0.2) is 24.3 Å². The van der Waals surface area contributed by atoms with Crippen LogP contribution in [0.2, 0.25) is 0 Å². The number of anilines is 1. The monoisotopic (exact) mass is 264 g/mol. The molecule has 0 aliphatic carbocycles. The highest BCUT2D eigenvalue weighted by Gasteiger charge is 2.22. The summed E-state index contributed by atoms with van der Waals surface area (Å²) in [6, 6.07) is 8.26. The number of para-hydroxylation sites is 1. The number of hydrogen-bond acceptors (Lipinski definition) is 4. The van der Waals surface area contributed by atoms with Crippen molar-refractivity contribution in [1.29, 1.82) is 0 Å². The maximum atomic E-state index is 11.6. The van der Waals surface area contributed by atoms with Gasteiger partial charge in [-0.1, -0.05) is 18.2 Å². The number of benzene rings is 1. The summed E-state index contributed by atoms with van der Waals surface area (Å²) >= 11 is 0. The number of aliphatic hydroxyl groups is 1. The van der Waals surface area contributed by atoms with Gasteiger partial charge in [0.15, 0.2) is 0 Å². The zero-order chi connectivity index (χ0) is 13.7. The van der Waals surface area contributed by atoms with Crippen molar-refractivity contribution in [2.24, 2.45) is 0 Å². The van der Waals surface area contributed by atoms with Crippen LogP contribution in [0.1, 0.15) is 5.56 Å². The lowest BCUT2D eigenvalue weighted by atomic mass is 10.1. The van der Waals surface area contributed by atoms with Crippen molar-refractivity contribution in [1.82, 2.24) is 4.90 Å². The van der Waals surface area contributed by atoms with Crippen LogP contribution in [0.3, 0.4) is 0 Å². The minimum atomic E-state index is -0.335. The van der Waals surface area contributed by atoms with E-state index in [1.807, 2.05) is 12.1 Å². The number of aliphatic hydroxyl groups excluding tert-OH is 1. The Balaban J connectivity index is 1.89. The molecule has 19 heavy (non-hydrogen) atoms. The molecule has 0 atom stereocenters. The standard InChI is InChI=1S/C14H20N2O3/c1-12-4-2-3-5-13(12)15-6-8-16(9-7-15)14(18)19-11-10-17/h2-5,17H,6-11H2,1H3. The van der Waals surface area contributed by atoms with Crippen molar-refractivity contribution in [3.05, 3.63) is 29.8 Å². The van der Waals surface area contributed by atoms with Gasteiger partial charge in [0.1, 0.15) is 6.61 Å². The van der Waals surface area contributed by atoms with Crippen molar-refractivity contribution >= 4 is 11.8 Å². The van der Waals surface area contributed by atoms with Crippen LogP contribution in [-0.4, -0.2) is 55.5 Å². The van der Waals surface area contributed by atoms with Crippen LogP contribution in [0.25, 0.3) is 0 Å². The van der Waals surface area contributed by atoms with E-state index in [9.17, 15) is 4.79 Å². The molecule has 104 valence electrons. The highest BCUT2D eigenvalue weighted by molar-refractivity contribution is 5.68. The molecule has 5 nitrogen and oxygen atoms in total. The number of hydrogen-bond donors (Lipinski definition) is 1. The largest absolute Gasteiger partial charge is 0.447 e. The summed E-state index contributed by atoms with van der Waals surface area (Å²) in [7, 11) is 0. The summed E-state index contributed by atoms with van der Waals surface area (Å²) in [5.74, 6) is 0. The lowest BCUT2D eigenvalue weighted by Crippen LogP contribution is -2.49. The van der Waals surface area contributed by atoms with Crippen LogP contribution in [0.5, 0.6) is 0 Å². The Morgan fingerprint density at radius 3 is 2.58 bits per heavy atom. The lowest BCUT2D eigenvalue weighted by molar-refractivity contribution is 0.0825. The van der Waals surface area contributed by atoms with E-state index in [0.717, 1.165) is 13.1 Å². The first-order chi connectivity index (χ1) is 9.22. The van der Waals surface area contributed by atoms with Gasteiger partial charge < -0.3 is 19.6 Å². The van der Waals surface area contributed by atoms with Crippen molar-refractivity contribution in [3.8, 4) is 0 Å². The molecule has 1 heterocycles. The van der Waals surface area contributed by atoms with E-state index in [1.54, 1.807) is 4.90 Å². The van der Waals surface area contributed by atoms with Crippen molar-refractivity contribution in [2.45, 2.75) is 6.92 Å². The molecule has 1 fully saturated rings. The lowest BCUT2D eigenvalue weighted by Gasteiger charge is -2.36. The Bertz CT molecular complexity index is 428. The molecule has 1 aromatic carbocycles. The van der Waals surface area contributed by atoms with E-state index in [0.29, 0.717) is 13.1 Å². The van der Waals surface area contributed by atoms with Gasteiger partial charge in [-0.25, -0.2) is 4.79 Å². The highest BCUT2D eigenvalue weighted by atomic mass is 16.6. The number of carbonyl (C=O) groups excluding carboxylic acids is 1. The Morgan fingerprint density at radius 1 is 1.26 bits per heavy atom. The average molecular weight is 264 g/mol. The van der Waals surface area contributed by atoms with E-state index in [2.05, 4.69) is 24.0 Å². The highest BCUT2D eigenvalue weighted by Crippen LogP contribution is 2.20. The molecule has 1 aliphatic rings. The van der Waals surface area contributed by atoms with E-state index < -0.39 is 0 Å². The molecule has 5 heteroatoms. The number of carbonyl (C=O) groups is 1. The molecule has 1 saturated heterocycles. The van der Waals surface area contributed by atoms with Gasteiger partial charge in [0.25, 0.3) is 0 Å². The normalized spacial score (nSPS) is 15.5. The van der Waals surface area contributed by atoms with Gasteiger partial charge in [0.05, 0.1) is 6.61 Å². The third-order valence-corrected chi connectivity index (χ3v) is 3.31. The molecule has 2 rings (SSSR count). The van der Waals surface area contributed by atoms with E-state index >= 15 is 0 Å². The van der Waals surface area contributed by atoms with Gasteiger partial charge in [-0.2, -0.15) is 0 Å². The number of rotatable bonds is 3. The summed E-state index contributed by atoms with van der Waals surface area (Å²) < 4.78 is 4.91. The molecule has 1 aromatic rings. The van der Waals surface area contributed by atoms with E-state index in [-0.39, 0.29) is 19.3 Å². The molecule has 0 spiro atoms. The van der Waals surface area contributed by atoms with E-state index in [4.69, 9.17) is 9.84 Å². The predicted molar refractivity (Wildman–Crippen MR) is 73.4 cm³/mol. The molecular formula is C14H20N2O3. The second kappa shape index (κ2) is 6.43. The van der Waals surface area contributed by atoms with Crippen molar-refractivity contribution in [3.63, 3.8) is 0 Å². The first kappa shape index (κ1) is 13.7. The molecule has 1 N–H and O–H groups in total. The SMILES string of the molecule is Cc1ccccc1N1CCN(C(=O)OCCO)CC1. The summed E-state index contributed by atoms with van der Waals surface area (Å²) in [6.45, 7) is 4.94. The second-order valence-electron chi connectivity index (χ2n) is 4.60. The first-order valence-electron chi connectivity index (χ1n) is 6.55. The van der Waals surface area contributed by atoms with Gasteiger partial charge in [-0.3, -0.25) is 0 Å². The molecule has 1 aliphatic heterocycles. The first-order valence-corrected chi connectivity index (χ1v) is 6.55. The summed E-state index contributed by atoms with van der Waals surface area (Å²) in [6.07, 6.45) is -0.335. The van der Waals surface area contributed by atoms with Crippen LogP contribution in [0.4, 0.5) is 10.5 Å². The van der Waals surface area contributed by atoms with Gasteiger partial charge in [-0.05, 0) is 18.6 Å². The molecule has 0 aromatic heterocycles. The zero-order valence-electron chi connectivity index (χ0n) is 11.2. The number of nitrogens with zero attached hydrogens (tertiary/aromatic N) is 2.